The van der Waals surface area contributed by atoms with Crippen molar-refractivity contribution in [1.82, 2.24) is 5.32 Å². The largest absolute Gasteiger partial charge is 0.494 e. The van der Waals surface area contributed by atoms with Crippen LogP contribution in [0.5, 0.6) is 5.75 Å². The van der Waals surface area contributed by atoms with Gasteiger partial charge in [-0.15, -0.1) is 0 Å². The van der Waals surface area contributed by atoms with Crippen molar-refractivity contribution in [2.24, 2.45) is 0 Å². The molecule has 3 heteroatoms. The Morgan fingerprint density at radius 3 is 2.33 bits per heavy atom. The van der Waals surface area contributed by atoms with Crippen LogP contribution < -0.4 is 10.1 Å². The lowest BCUT2D eigenvalue weighted by atomic mass is 10.1. The van der Waals surface area contributed by atoms with Crippen LogP contribution in [0.15, 0.2) is 48.5 Å². The maximum Gasteiger partial charge on any atom is 0.119 e. The zero-order valence-electron chi connectivity index (χ0n) is 12.6. The van der Waals surface area contributed by atoms with E-state index in [2.05, 4.69) is 43.4 Å². The molecule has 0 saturated heterocycles. The van der Waals surface area contributed by atoms with Crippen molar-refractivity contribution in [3.8, 4) is 5.75 Å². The molecule has 0 aliphatic carbocycles. The fourth-order valence-electron chi connectivity index (χ4n) is 2.06. The molecular weight excluding hydrogens is 282 g/mol. The van der Waals surface area contributed by atoms with E-state index in [1.165, 1.54) is 11.1 Å². The van der Waals surface area contributed by atoms with E-state index in [4.69, 9.17) is 16.3 Å². The molecule has 112 valence electrons. The molecule has 0 bridgehead atoms. The number of hydrogen-bond acceptors (Lipinski definition) is 2. The van der Waals surface area contributed by atoms with Crippen LogP contribution in [0.3, 0.4) is 0 Å². The zero-order chi connectivity index (χ0) is 15.1. The van der Waals surface area contributed by atoms with Gasteiger partial charge in [0, 0.05) is 17.6 Å². The molecule has 0 aliphatic heterocycles. The third kappa shape index (κ3) is 5.07. The molecule has 0 heterocycles. The molecule has 2 aromatic carbocycles. The van der Waals surface area contributed by atoms with Crippen LogP contribution in [0.2, 0.25) is 5.02 Å². The summed E-state index contributed by atoms with van der Waals surface area (Å²) in [5.74, 6) is 0.936. The Morgan fingerprint density at radius 1 is 1.05 bits per heavy atom. The standard InChI is InChI=1S/C18H22ClNO/c1-3-12-21-18-10-4-15(5-11-18)13-20-14(2)16-6-8-17(19)9-7-16/h4-11,14,20H,3,12-13H2,1-2H3. The van der Waals surface area contributed by atoms with E-state index in [0.29, 0.717) is 6.04 Å². The number of rotatable bonds is 7. The minimum atomic E-state index is 0.290. The minimum Gasteiger partial charge on any atom is -0.494 e. The highest BCUT2D eigenvalue weighted by Gasteiger charge is 2.04. The summed E-state index contributed by atoms with van der Waals surface area (Å²) < 4.78 is 5.58. The molecule has 2 aromatic rings. The Kier molecular flexibility index (Phi) is 6.09. The van der Waals surface area contributed by atoms with Gasteiger partial charge in [0.1, 0.15) is 5.75 Å². The van der Waals surface area contributed by atoms with Gasteiger partial charge in [0.2, 0.25) is 0 Å². The lowest BCUT2D eigenvalue weighted by Gasteiger charge is -2.14. The first kappa shape index (κ1) is 15.9. The van der Waals surface area contributed by atoms with E-state index in [1.807, 2.05) is 24.3 Å². The Bertz CT molecular complexity index is 536. The van der Waals surface area contributed by atoms with E-state index < -0.39 is 0 Å². The molecule has 0 amide bonds. The normalized spacial score (nSPS) is 12.1. The summed E-state index contributed by atoms with van der Waals surface area (Å²) in [7, 11) is 0. The zero-order valence-corrected chi connectivity index (χ0v) is 13.4. The first-order valence-electron chi connectivity index (χ1n) is 7.39. The molecule has 2 rings (SSSR count). The summed E-state index contributed by atoms with van der Waals surface area (Å²) in [4.78, 5) is 0. The maximum absolute atomic E-state index is 5.91. The third-order valence-corrected chi connectivity index (χ3v) is 3.63. The molecule has 2 nitrogen and oxygen atoms in total. The van der Waals surface area contributed by atoms with Gasteiger partial charge in [-0.1, -0.05) is 42.8 Å². The van der Waals surface area contributed by atoms with Gasteiger partial charge in [-0.25, -0.2) is 0 Å². The Morgan fingerprint density at radius 2 is 1.71 bits per heavy atom. The summed E-state index contributed by atoms with van der Waals surface area (Å²) in [6, 6.07) is 16.5. The van der Waals surface area contributed by atoms with Crippen molar-refractivity contribution in [2.75, 3.05) is 6.61 Å². The summed E-state index contributed by atoms with van der Waals surface area (Å²) in [6.07, 6.45) is 1.03. The topological polar surface area (TPSA) is 21.3 Å². The Balaban J connectivity index is 1.86. The maximum atomic E-state index is 5.91. The molecule has 1 N–H and O–H groups in total. The van der Waals surface area contributed by atoms with Crippen molar-refractivity contribution < 1.29 is 4.74 Å². The summed E-state index contributed by atoms with van der Waals surface area (Å²) in [6.45, 7) is 5.86. The van der Waals surface area contributed by atoms with Gasteiger partial charge in [0.15, 0.2) is 0 Å². The quantitative estimate of drug-likeness (QED) is 0.779. The summed E-state index contributed by atoms with van der Waals surface area (Å²) >= 11 is 5.91. The Labute approximate surface area is 132 Å². The fraction of sp³-hybridized carbons (Fsp3) is 0.333. The van der Waals surface area contributed by atoms with E-state index in [1.54, 1.807) is 0 Å². The van der Waals surface area contributed by atoms with Crippen LogP contribution in [0, 0.1) is 0 Å². The van der Waals surface area contributed by atoms with Crippen molar-refractivity contribution in [3.05, 3.63) is 64.7 Å². The predicted octanol–water partition coefficient (Wildman–Crippen LogP) is 4.98. The van der Waals surface area contributed by atoms with Crippen LogP contribution in [0.25, 0.3) is 0 Å². The average molecular weight is 304 g/mol. The van der Waals surface area contributed by atoms with E-state index in [9.17, 15) is 0 Å². The van der Waals surface area contributed by atoms with Crippen molar-refractivity contribution in [3.63, 3.8) is 0 Å². The average Bonchev–Trinajstić information content (AvgIpc) is 2.52. The van der Waals surface area contributed by atoms with Crippen molar-refractivity contribution in [2.45, 2.75) is 32.9 Å². The third-order valence-electron chi connectivity index (χ3n) is 3.38. The number of halogens is 1. The van der Waals surface area contributed by atoms with Crippen LogP contribution in [-0.4, -0.2) is 6.61 Å². The van der Waals surface area contributed by atoms with Crippen LogP contribution in [0.1, 0.15) is 37.4 Å². The molecule has 0 saturated carbocycles. The van der Waals surface area contributed by atoms with Gasteiger partial charge in [-0.2, -0.15) is 0 Å². The highest BCUT2D eigenvalue weighted by molar-refractivity contribution is 6.30. The van der Waals surface area contributed by atoms with Crippen molar-refractivity contribution >= 4 is 11.6 Å². The molecule has 0 aliphatic rings. The molecule has 21 heavy (non-hydrogen) atoms. The van der Waals surface area contributed by atoms with Gasteiger partial charge < -0.3 is 10.1 Å². The number of benzene rings is 2. The van der Waals surface area contributed by atoms with Gasteiger partial charge in [0.05, 0.1) is 6.61 Å². The van der Waals surface area contributed by atoms with Crippen LogP contribution >= 0.6 is 11.6 Å². The predicted molar refractivity (Wildman–Crippen MR) is 88.9 cm³/mol. The molecule has 1 unspecified atom stereocenters. The second-order valence-electron chi connectivity index (χ2n) is 5.15. The van der Waals surface area contributed by atoms with E-state index in [-0.39, 0.29) is 0 Å². The van der Waals surface area contributed by atoms with Crippen LogP contribution in [0.4, 0.5) is 0 Å². The lowest BCUT2D eigenvalue weighted by molar-refractivity contribution is 0.317. The van der Waals surface area contributed by atoms with Crippen LogP contribution in [-0.2, 0) is 6.54 Å². The van der Waals surface area contributed by atoms with Gasteiger partial charge in [0.25, 0.3) is 0 Å². The van der Waals surface area contributed by atoms with E-state index in [0.717, 1.165) is 30.3 Å². The monoisotopic (exact) mass is 303 g/mol. The second kappa shape index (κ2) is 8.06. The highest BCUT2D eigenvalue weighted by atomic mass is 35.5. The fourth-order valence-corrected chi connectivity index (χ4v) is 2.19. The number of nitrogens with one attached hydrogen (secondary N) is 1. The first-order valence-corrected chi connectivity index (χ1v) is 7.77. The molecule has 0 aromatic heterocycles. The molecule has 0 fully saturated rings. The molecule has 0 radical (unpaired) electrons. The van der Waals surface area contributed by atoms with Gasteiger partial charge in [-0.3, -0.25) is 0 Å². The lowest BCUT2D eigenvalue weighted by Crippen LogP contribution is -2.17. The van der Waals surface area contributed by atoms with Crippen molar-refractivity contribution in [1.29, 1.82) is 0 Å². The highest BCUT2D eigenvalue weighted by Crippen LogP contribution is 2.17. The molecule has 1 atom stereocenters. The van der Waals surface area contributed by atoms with Gasteiger partial charge in [-0.05, 0) is 48.7 Å². The molecule has 0 spiro atoms. The van der Waals surface area contributed by atoms with E-state index >= 15 is 0 Å². The SMILES string of the molecule is CCCOc1ccc(CNC(C)c2ccc(Cl)cc2)cc1. The van der Waals surface area contributed by atoms with Gasteiger partial charge >= 0.3 is 0 Å². The molecular formula is C18H22ClNO. The second-order valence-corrected chi connectivity index (χ2v) is 5.58. The Hall–Kier alpha value is -1.51. The number of ether oxygens (including phenoxy) is 1. The smallest absolute Gasteiger partial charge is 0.119 e. The summed E-state index contributed by atoms with van der Waals surface area (Å²) in [5, 5.41) is 4.29. The summed E-state index contributed by atoms with van der Waals surface area (Å²) in [5.41, 5.74) is 2.49. The first-order chi connectivity index (χ1) is 10.2. The number of hydrogen-bond donors (Lipinski definition) is 1. The minimum absolute atomic E-state index is 0.290.